The third-order valence-electron chi connectivity index (χ3n) is 6.18. The summed E-state index contributed by atoms with van der Waals surface area (Å²) >= 11 is 12.3. The van der Waals surface area contributed by atoms with Crippen LogP contribution >= 0.6 is 23.2 Å². The number of nitrogens with one attached hydrogen (secondary N) is 1. The molecule has 3 aromatic carbocycles. The smallest absolute Gasteiger partial charge is 0.244 e. The largest absolute Gasteiger partial charge is 0.355 e. The van der Waals surface area contributed by atoms with Crippen LogP contribution in [-0.2, 0) is 32.6 Å². The second-order valence-electron chi connectivity index (χ2n) is 9.25. The normalized spacial score (nSPS) is 11.9. The summed E-state index contributed by atoms with van der Waals surface area (Å²) in [5.74, 6) is -1.25. The van der Waals surface area contributed by atoms with Gasteiger partial charge in [0.1, 0.15) is 12.6 Å². The number of hydrogen-bond acceptors (Lipinski definition) is 5. The molecule has 40 heavy (non-hydrogen) atoms. The minimum absolute atomic E-state index is 0.0323. The number of rotatable bonds is 12. The minimum Gasteiger partial charge on any atom is -0.355 e. The van der Waals surface area contributed by atoms with Crippen LogP contribution in [0.25, 0.3) is 0 Å². The molecule has 0 aliphatic rings. The number of halogens is 2. The van der Waals surface area contributed by atoms with Crippen LogP contribution in [0.5, 0.6) is 0 Å². The van der Waals surface area contributed by atoms with Gasteiger partial charge in [-0.15, -0.1) is 0 Å². The summed E-state index contributed by atoms with van der Waals surface area (Å²) in [6.45, 7) is 2.86. The van der Waals surface area contributed by atoms with E-state index in [1.807, 2.05) is 30.3 Å². The first kappa shape index (κ1) is 31.1. The monoisotopic (exact) mass is 603 g/mol. The van der Waals surface area contributed by atoms with Gasteiger partial charge >= 0.3 is 0 Å². The van der Waals surface area contributed by atoms with Crippen LogP contribution in [0.1, 0.15) is 35.3 Å². The van der Waals surface area contributed by atoms with Crippen molar-refractivity contribution in [3.8, 4) is 0 Å². The molecule has 0 aliphatic carbocycles. The van der Waals surface area contributed by atoms with E-state index in [0.29, 0.717) is 22.7 Å². The van der Waals surface area contributed by atoms with Crippen LogP contribution in [-0.4, -0.2) is 56.3 Å². The van der Waals surface area contributed by atoms with Gasteiger partial charge in [0, 0.05) is 25.1 Å². The summed E-state index contributed by atoms with van der Waals surface area (Å²) < 4.78 is 26.7. The predicted molar refractivity (Wildman–Crippen MR) is 158 cm³/mol. The number of ketones is 1. The van der Waals surface area contributed by atoms with Gasteiger partial charge < -0.3 is 10.2 Å². The first-order valence-electron chi connectivity index (χ1n) is 12.5. The van der Waals surface area contributed by atoms with Crippen molar-refractivity contribution in [2.45, 2.75) is 32.9 Å². The molecule has 0 aliphatic heterocycles. The van der Waals surface area contributed by atoms with Gasteiger partial charge in [0.25, 0.3) is 0 Å². The molecule has 3 aromatic rings. The van der Waals surface area contributed by atoms with E-state index in [1.54, 1.807) is 37.3 Å². The molecule has 3 rings (SSSR count). The van der Waals surface area contributed by atoms with Crippen LogP contribution < -0.4 is 9.62 Å². The quantitative estimate of drug-likeness (QED) is 0.301. The van der Waals surface area contributed by atoms with Crippen molar-refractivity contribution in [2.75, 3.05) is 23.7 Å². The Balaban J connectivity index is 2.07. The zero-order chi connectivity index (χ0) is 29.4. The SMILES string of the molecule is CCNC(=O)[C@@H](Cc1ccccc1)N(Cc1ccc(Cl)c(Cl)c1)C(=O)CN(c1cccc(C(C)=O)c1)S(C)(=O)=O. The maximum absolute atomic E-state index is 14.0. The summed E-state index contributed by atoms with van der Waals surface area (Å²) in [4.78, 5) is 40.7. The molecule has 0 heterocycles. The standard InChI is InChI=1S/C29H31Cl2N3O5S/c1-4-32-29(37)27(16-21-9-6-5-7-10-21)33(18-22-13-14-25(30)26(31)15-22)28(36)19-34(40(3,38)39)24-12-8-11-23(17-24)20(2)35/h5-15,17,27H,4,16,18-19H2,1-3H3,(H,32,37)/t27-/m1/s1. The first-order chi connectivity index (χ1) is 18.9. The maximum Gasteiger partial charge on any atom is 0.244 e. The van der Waals surface area contributed by atoms with E-state index < -0.39 is 28.5 Å². The van der Waals surface area contributed by atoms with Gasteiger partial charge in [-0.2, -0.15) is 0 Å². The highest BCUT2D eigenvalue weighted by atomic mass is 35.5. The molecule has 1 atom stereocenters. The van der Waals surface area contributed by atoms with E-state index in [0.717, 1.165) is 16.1 Å². The van der Waals surface area contributed by atoms with Crippen molar-refractivity contribution < 1.29 is 22.8 Å². The highest BCUT2D eigenvalue weighted by molar-refractivity contribution is 7.92. The fourth-order valence-corrected chi connectivity index (χ4v) is 5.34. The Morgan fingerprint density at radius 1 is 0.900 bits per heavy atom. The number of nitrogens with zero attached hydrogens (tertiary/aromatic N) is 2. The Bertz CT molecular complexity index is 1480. The third kappa shape index (κ3) is 8.30. The number of carbonyl (C=O) groups is 3. The molecule has 0 radical (unpaired) electrons. The van der Waals surface area contributed by atoms with Gasteiger partial charge in [0.15, 0.2) is 5.78 Å². The number of benzene rings is 3. The van der Waals surface area contributed by atoms with Crippen molar-refractivity contribution in [3.63, 3.8) is 0 Å². The number of Topliss-reactive ketones (excluding diaryl/α,β-unsaturated/α-hetero) is 1. The van der Waals surface area contributed by atoms with Gasteiger partial charge in [-0.1, -0.05) is 71.7 Å². The van der Waals surface area contributed by atoms with Crippen LogP contribution in [0, 0.1) is 0 Å². The maximum atomic E-state index is 14.0. The summed E-state index contributed by atoms with van der Waals surface area (Å²) in [6, 6.07) is 19.2. The average molecular weight is 605 g/mol. The van der Waals surface area contributed by atoms with Crippen LogP contribution in [0.3, 0.4) is 0 Å². The van der Waals surface area contributed by atoms with Crippen molar-refractivity contribution in [2.24, 2.45) is 0 Å². The number of anilines is 1. The van der Waals surface area contributed by atoms with E-state index in [9.17, 15) is 22.8 Å². The van der Waals surface area contributed by atoms with E-state index >= 15 is 0 Å². The van der Waals surface area contributed by atoms with Gasteiger partial charge in [-0.3, -0.25) is 18.7 Å². The van der Waals surface area contributed by atoms with E-state index in [-0.39, 0.29) is 35.4 Å². The zero-order valence-corrected chi connectivity index (χ0v) is 24.8. The third-order valence-corrected chi connectivity index (χ3v) is 8.06. The van der Waals surface area contributed by atoms with Crippen LogP contribution in [0.15, 0.2) is 72.8 Å². The zero-order valence-electron chi connectivity index (χ0n) is 22.4. The van der Waals surface area contributed by atoms with Crippen molar-refractivity contribution in [3.05, 3.63) is 99.5 Å². The Morgan fingerprint density at radius 3 is 2.20 bits per heavy atom. The lowest BCUT2D eigenvalue weighted by molar-refractivity contribution is -0.140. The summed E-state index contributed by atoms with van der Waals surface area (Å²) in [6.07, 6.45) is 1.17. The highest BCUT2D eigenvalue weighted by Gasteiger charge is 2.33. The molecular formula is C29H31Cl2N3O5S. The lowest BCUT2D eigenvalue weighted by atomic mass is 10.0. The second kappa shape index (κ2) is 13.8. The second-order valence-corrected chi connectivity index (χ2v) is 12.0. The van der Waals surface area contributed by atoms with Gasteiger partial charge in [0.05, 0.1) is 22.0 Å². The molecule has 212 valence electrons. The number of hydrogen-bond donors (Lipinski definition) is 1. The highest BCUT2D eigenvalue weighted by Crippen LogP contribution is 2.25. The number of sulfonamides is 1. The fourth-order valence-electron chi connectivity index (χ4n) is 4.17. The van der Waals surface area contributed by atoms with E-state index in [1.165, 1.54) is 24.0 Å². The van der Waals surface area contributed by atoms with E-state index in [4.69, 9.17) is 23.2 Å². The first-order valence-corrected chi connectivity index (χ1v) is 15.1. The molecule has 11 heteroatoms. The molecule has 0 saturated carbocycles. The molecule has 0 bridgehead atoms. The number of amides is 2. The Morgan fingerprint density at radius 2 is 1.60 bits per heavy atom. The number of carbonyl (C=O) groups excluding carboxylic acids is 3. The Labute approximate surface area is 244 Å². The lowest BCUT2D eigenvalue weighted by Gasteiger charge is -2.33. The van der Waals surface area contributed by atoms with Gasteiger partial charge in [0.2, 0.25) is 21.8 Å². The van der Waals surface area contributed by atoms with Gasteiger partial charge in [-0.05, 0) is 49.2 Å². The summed E-state index contributed by atoms with van der Waals surface area (Å²) in [5.41, 5.74) is 1.89. The van der Waals surface area contributed by atoms with Crippen molar-refractivity contribution in [1.82, 2.24) is 10.2 Å². The molecule has 1 N–H and O–H groups in total. The lowest BCUT2D eigenvalue weighted by Crippen LogP contribution is -2.53. The molecule has 8 nitrogen and oxygen atoms in total. The Kier molecular flexibility index (Phi) is 10.7. The summed E-state index contributed by atoms with van der Waals surface area (Å²) in [7, 11) is -3.95. The molecule has 0 fully saturated rings. The summed E-state index contributed by atoms with van der Waals surface area (Å²) in [5, 5.41) is 3.41. The molecule has 0 aromatic heterocycles. The van der Waals surface area contributed by atoms with Crippen LogP contribution in [0.4, 0.5) is 5.69 Å². The minimum atomic E-state index is -3.95. The average Bonchev–Trinajstić information content (AvgIpc) is 2.91. The molecule has 2 amide bonds. The van der Waals surface area contributed by atoms with Gasteiger partial charge in [-0.25, -0.2) is 8.42 Å². The van der Waals surface area contributed by atoms with E-state index in [2.05, 4.69) is 5.32 Å². The molecule has 0 saturated heterocycles. The Hall–Kier alpha value is -3.40. The molecular weight excluding hydrogens is 573 g/mol. The molecule has 0 spiro atoms. The van der Waals surface area contributed by atoms with Crippen molar-refractivity contribution >= 4 is 56.5 Å². The number of likely N-dealkylation sites (N-methyl/N-ethyl adjacent to an activating group) is 1. The molecule has 0 unspecified atom stereocenters. The fraction of sp³-hybridized carbons (Fsp3) is 0.276. The predicted octanol–water partition coefficient (Wildman–Crippen LogP) is 4.74. The van der Waals surface area contributed by atoms with Crippen LogP contribution in [0.2, 0.25) is 10.0 Å². The van der Waals surface area contributed by atoms with Crippen molar-refractivity contribution in [1.29, 1.82) is 0 Å². The topological polar surface area (TPSA) is 104 Å².